The van der Waals surface area contributed by atoms with Crippen molar-refractivity contribution in [3.8, 4) is 0 Å². The third-order valence-electron chi connectivity index (χ3n) is 3.91. The van der Waals surface area contributed by atoms with Gasteiger partial charge < -0.3 is 5.32 Å². The summed E-state index contributed by atoms with van der Waals surface area (Å²) >= 11 is 0. The number of hydrogen-bond acceptors (Lipinski definition) is 8. The van der Waals surface area contributed by atoms with E-state index in [0.717, 1.165) is 0 Å². The lowest BCUT2D eigenvalue weighted by molar-refractivity contribution is -0.385. The summed E-state index contributed by atoms with van der Waals surface area (Å²) in [6, 6.07) is 6.76. The number of aryl methyl sites for hydroxylation is 1. The average molecular weight is 417 g/mol. The first kappa shape index (κ1) is 19.9. The molecule has 2 heterocycles. The van der Waals surface area contributed by atoms with Crippen LogP contribution in [0.15, 0.2) is 47.6 Å². The number of rotatable bonds is 6. The number of nitro groups is 1. The van der Waals surface area contributed by atoms with Crippen LogP contribution in [-0.2, 0) is 17.1 Å². The van der Waals surface area contributed by atoms with Crippen molar-refractivity contribution in [2.45, 2.75) is 11.8 Å². The van der Waals surface area contributed by atoms with Crippen LogP contribution in [0.3, 0.4) is 0 Å². The Hall–Kier alpha value is -3.87. The second kappa shape index (κ2) is 7.63. The van der Waals surface area contributed by atoms with Gasteiger partial charge in [-0.15, -0.1) is 0 Å². The molecule has 13 heteroatoms. The molecule has 3 rings (SSSR count). The minimum atomic E-state index is -3.92. The van der Waals surface area contributed by atoms with Gasteiger partial charge in [0.25, 0.3) is 15.9 Å². The molecule has 2 N–H and O–H groups in total. The van der Waals surface area contributed by atoms with E-state index in [9.17, 15) is 23.3 Å². The van der Waals surface area contributed by atoms with Crippen LogP contribution >= 0.6 is 0 Å². The highest BCUT2D eigenvalue weighted by atomic mass is 32.2. The highest BCUT2D eigenvalue weighted by Crippen LogP contribution is 2.23. The first-order valence-corrected chi connectivity index (χ1v) is 9.56. The molecule has 29 heavy (non-hydrogen) atoms. The van der Waals surface area contributed by atoms with Gasteiger partial charge in [0.05, 0.1) is 9.82 Å². The number of amides is 1. The van der Waals surface area contributed by atoms with Crippen LogP contribution in [0, 0.1) is 17.0 Å². The van der Waals surface area contributed by atoms with Crippen molar-refractivity contribution in [3.63, 3.8) is 0 Å². The van der Waals surface area contributed by atoms with Crippen molar-refractivity contribution in [1.82, 2.24) is 19.7 Å². The van der Waals surface area contributed by atoms with Crippen molar-refractivity contribution in [2.75, 3.05) is 10.0 Å². The lowest BCUT2D eigenvalue weighted by Gasteiger charge is -2.08. The molecule has 1 aromatic carbocycles. The largest absolute Gasteiger partial charge is 0.322 e. The number of aromatic nitrogens is 4. The lowest BCUT2D eigenvalue weighted by Crippen LogP contribution is -2.16. The Kier molecular flexibility index (Phi) is 5.23. The summed E-state index contributed by atoms with van der Waals surface area (Å²) in [4.78, 5) is 30.4. The van der Waals surface area contributed by atoms with E-state index in [4.69, 9.17) is 0 Å². The quantitative estimate of drug-likeness (QED) is 0.450. The first-order valence-electron chi connectivity index (χ1n) is 8.08. The number of anilines is 2. The van der Waals surface area contributed by atoms with Crippen LogP contribution in [0.5, 0.6) is 0 Å². The van der Waals surface area contributed by atoms with E-state index in [1.807, 2.05) is 0 Å². The smallest absolute Gasteiger partial charge is 0.320 e. The summed E-state index contributed by atoms with van der Waals surface area (Å²) < 4.78 is 28.2. The maximum Gasteiger partial charge on any atom is 0.322 e. The summed E-state index contributed by atoms with van der Waals surface area (Å²) in [5.74, 6) is -0.866. The lowest BCUT2D eigenvalue weighted by atomic mass is 10.2. The second-order valence-electron chi connectivity index (χ2n) is 5.82. The molecule has 0 bridgehead atoms. The van der Waals surface area contributed by atoms with Crippen LogP contribution in [0.1, 0.15) is 16.2 Å². The Bertz CT molecular complexity index is 1170. The summed E-state index contributed by atoms with van der Waals surface area (Å²) in [7, 11) is -2.44. The van der Waals surface area contributed by atoms with Gasteiger partial charge in [0.15, 0.2) is 0 Å². The van der Waals surface area contributed by atoms with E-state index < -0.39 is 26.5 Å². The standard InChI is InChI=1S/C16H15N7O5S/c1-10-14(23(25)26)13(20-22(10)2)15(24)19-11-4-6-12(7-5-11)29(27,28)21-16-17-8-3-9-18-16/h3-9H,1-2H3,(H,19,24)(H,17,18,21). The SMILES string of the molecule is Cc1c([N+](=O)[O-])c(C(=O)Nc2ccc(S(=O)(=O)Nc3ncccn3)cc2)nn1C. The molecule has 0 spiro atoms. The van der Waals surface area contributed by atoms with Crippen LogP contribution < -0.4 is 10.0 Å². The van der Waals surface area contributed by atoms with Crippen molar-refractivity contribution in [3.05, 3.63) is 64.2 Å². The molecule has 0 saturated heterocycles. The maximum atomic E-state index is 12.4. The Morgan fingerprint density at radius 2 is 1.79 bits per heavy atom. The molecule has 3 aromatic rings. The fourth-order valence-electron chi connectivity index (χ4n) is 2.41. The van der Waals surface area contributed by atoms with Crippen LogP contribution in [0.2, 0.25) is 0 Å². The summed E-state index contributed by atoms with van der Waals surface area (Å²) in [5.41, 5.74) is -0.260. The molecule has 0 aliphatic carbocycles. The molecule has 2 aromatic heterocycles. The highest BCUT2D eigenvalue weighted by Gasteiger charge is 2.29. The van der Waals surface area contributed by atoms with Gasteiger partial charge in [-0.25, -0.2) is 23.1 Å². The maximum absolute atomic E-state index is 12.4. The number of nitrogens with one attached hydrogen (secondary N) is 2. The van der Waals surface area contributed by atoms with E-state index in [1.165, 1.54) is 55.3 Å². The van der Waals surface area contributed by atoms with Gasteiger partial charge in [0, 0.05) is 25.1 Å². The van der Waals surface area contributed by atoms with Crippen molar-refractivity contribution in [2.24, 2.45) is 7.05 Å². The number of hydrogen-bond donors (Lipinski definition) is 2. The Morgan fingerprint density at radius 3 is 2.38 bits per heavy atom. The molecular formula is C16H15N7O5S. The fraction of sp³-hybridized carbons (Fsp3) is 0.125. The molecule has 12 nitrogen and oxygen atoms in total. The van der Waals surface area contributed by atoms with E-state index in [2.05, 4.69) is 25.1 Å². The molecule has 1 amide bonds. The Morgan fingerprint density at radius 1 is 1.17 bits per heavy atom. The van der Waals surface area contributed by atoms with Gasteiger partial charge >= 0.3 is 5.69 Å². The van der Waals surface area contributed by atoms with Crippen LogP contribution in [0.4, 0.5) is 17.3 Å². The molecule has 0 atom stereocenters. The fourth-order valence-corrected chi connectivity index (χ4v) is 3.37. The minimum absolute atomic E-state index is 0.0808. The second-order valence-corrected chi connectivity index (χ2v) is 7.50. The summed E-state index contributed by atoms with van der Waals surface area (Å²) in [6.07, 6.45) is 2.78. The number of benzene rings is 1. The van der Waals surface area contributed by atoms with E-state index in [0.29, 0.717) is 0 Å². The molecular weight excluding hydrogens is 402 g/mol. The predicted octanol–water partition coefficient (Wildman–Crippen LogP) is 1.48. The zero-order valence-corrected chi connectivity index (χ0v) is 16.0. The molecule has 0 saturated carbocycles. The zero-order chi connectivity index (χ0) is 21.2. The number of carbonyl (C=O) groups is 1. The average Bonchev–Trinajstić information content (AvgIpc) is 2.98. The normalized spacial score (nSPS) is 11.1. The van der Waals surface area contributed by atoms with Gasteiger partial charge in [0.1, 0.15) is 5.69 Å². The number of sulfonamides is 1. The monoisotopic (exact) mass is 417 g/mol. The topological polar surface area (TPSA) is 162 Å². The van der Waals surface area contributed by atoms with Gasteiger partial charge in [-0.3, -0.25) is 19.6 Å². The zero-order valence-electron chi connectivity index (χ0n) is 15.2. The molecule has 0 aliphatic rings. The van der Waals surface area contributed by atoms with Gasteiger partial charge in [-0.1, -0.05) is 0 Å². The number of nitrogens with zero attached hydrogens (tertiary/aromatic N) is 5. The van der Waals surface area contributed by atoms with Crippen molar-refractivity contribution < 1.29 is 18.1 Å². The summed E-state index contributed by atoms with van der Waals surface area (Å²) in [6.45, 7) is 1.48. The van der Waals surface area contributed by atoms with Crippen molar-refractivity contribution >= 4 is 33.3 Å². The van der Waals surface area contributed by atoms with Gasteiger partial charge in [0.2, 0.25) is 11.6 Å². The number of carbonyl (C=O) groups excluding carboxylic acids is 1. The predicted molar refractivity (Wildman–Crippen MR) is 102 cm³/mol. The minimum Gasteiger partial charge on any atom is -0.320 e. The van der Waals surface area contributed by atoms with E-state index >= 15 is 0 Å². The van der Waals surface area contributed by atoms with E-state index in [-0.39, 0.29) is 27.9 Å². The van der Waals surface area contributed by atoms with E-state index in [1.54, 1.807) is 6.07 Å². The Labute approximate surface area is 164 Å². The van der Waals surface area contributed by atoms with Crippen LogP contribution in [-0.4, -0.2) is 39.0 Å². The summed E-state index contributed by atoms with van der Waals surface area (Å²) in [5, 5.41) is 17.5. The molecule has 0 radical (unpaired) electrons. The first-order chi connectivity index (χ1) is 13.7. The molecule has 0 fully saturated rings. The molecule has 0 aliphatic heterocycles. The van der Waals surface area contributed by atoms with Gasteiger partial charge in [-0.05, 0) is 37.3 Å². The van der Waals surface area contributed by atoms with Crippen LogP contribution in [0.25, 0.3) is 0 Å². The molecule has 0 unspecified atom stereocenters. The van der Waals surface area contributed by atoms with Crippen molar-refractivity contribution in [1.29, 1.82) is 0 Å². The highest BCUT2D eigenvalue weighted by molar-refractivity contribution is 7.92. The molecule has 150 valence electrons. The Balaban J connectivity index is 1.78. The third kappa shape index (κ3) is 4.19. The van der Waals surface area contributed by atoms with Gasteiger partial charge in [-0.2, -0.15) is 5.10 Å². The third-order valence-corrected chi connectivity index (χ3v) is 5.26.